The Morgan fingerprint density at radius 1 is 1.56 bits per heavy atom. The van der Waals surface area contributed by atoms with E-state index in [4.69, 9.17) is 5.73 Å². The quantitative estimate of drug-likeness (QED) is 0.604. The van der Waals surface area contributed by atoms with E-state index in [-0.39, 0.29) is 17.4 Å². The van der Waals surface area contributed by atoms with Crippen LogP contribution < -0.4 is 11.1 Å². The molecule has 1 amide bonds. The molecule has 0 aliphatic carbocycles. The summed E-state index contributed by atoms with van der Waals surface area (Å²) in [7, 11) is 0. The molecule has 18 heavy (non-hydrogen) atoms. The average molecular weight is 252 g/mol. The zero-order chi connectivity index (χ0) is 13.9. The molecular weight excluding hydrogens is 236 g/mol. The standard InChI is InChI=1S/C11H16N4O3/c1-6(2)8(10(12)16)14-11-9(15(17)18)7(3)4-5-13-11/h4-6,8H,1-3H3,(H2,12,16)(H,13,14). The van der Waals surface area contributed by atoms with Gasteiger partial charge in [0.05, 0.1) is 4.92 Å². The molecule has 3 N–H and O–H groups in total. The maximum atomic E-state index is 11.3. The van der Waals surface area contributed by atoms with Crippen LogP contribution in [0.5, 0.6) is 0 Å². The van der Waals surface area contributed by atoms with Crippen molar-refractivity contribution in [2.24, 2.45) is 11.7 Å². The van der Waals surface area contributed by atoms with E-state index in [0.29, 0.717) is 5.56 Å². The van der Waals surface area contributed by atoms with Crippen LogP contribution >= 0.6 is 0 Å². The van der Waals surface area contributed by atoms with Gasteiger partial charge in [-0.3, -0.25) is 14.9 Å². The van der Waals surface area contributed by atoms with Gasteiger partial charge in [-0.1, -0.05) is 13.8 Å². The number of amides is 1. The zero-order valence-electron chi connectivity index (χ0n) is 10.5. The molecule has 0 spiro atoms. The van der Waals surface area contributed by atoms with Crippen LogP contribution in [0.3, 0.4) is 0 Å². The first kappa shape index (κ1) is 13.9. The molecule has 1 aromatic heterocycles. The van der Waals surface area contributed by atoms with Crippen LogP contribution in [0.25, 0.3) is 0 Å². The maximum absolute atomic E-state index is 11.3. The first-order valence-corrected chi connectivity index (χ1v) is 5.50. The van der Waals surface area contributed by atoms with E-state index in [1.54, 1.807) is 20.8 Å². The number of rotatable bonds is 5. The number of carbonyl (C=O) groups is 1. The number of primary amides is 1. The Morgan fingerprint density at radius 2 is 2.17 bits per heavy atom. The molecule has 0 radical (unpaired) electrons. The fraction of sp³-hybridized carbons (Fsp3) is 0.455. The van der Waals surface area contributed by atoms with Gasteiger partial charge in [0, 0.05) is 11.8 Å². The van der Waals surface area contributed by atoms with Gasteiger partial charge in [-0.2, -0.15) is 0 Å². The van der Waals surface area contributed by atoms with E-state index >= 15 is 0 Å². The largest absolute Gasteiger partial charge is 0.368 e. The minimum Gasteiger partial charge on any atom is -0.368 e. The van der Waals surface area contributed by atoms with Gasteiger partial charge in [0.2, 0.25) is 11.7 Å². The monoisotopic (exact) mass is 252 g/mol. The van der Waals surface area contributed by atoms with Gasteiger partial charge in [0.25, 0.3) is 0 Å². The third-order valence-corrected chi connectivity index (χ3v) is 2.57. The number of nitrogens with two attached hydrogens (primary N) is 1. The number of nitrogens with zero attached hydrogens (tertiary/aromatic N) is 2. The zero-order valence-corrected chi connectivity index (χ0v) is 10.5. The Kier molecular flexibility index (Phi) is 4.19. The van der Waals surface area contributed by atoms with Crippen molar-refractivity contribution >= 4 is 17.4 Å². The van der Waals surface area contributed by atoms with Crippen molar-refractivity contribution in [3.8, 4) is 0 Å². The highest BCUT2D eigenvalue weighted by Gasteiger charge is 2.25. The molecule has 1 unspecified atom stereocenters. The number of aryl methyl sites for hydroxylation is 1. The highest BCUT2D eigenvalue weighted by atomic mass is 16.6. The van der Waals surface area contributed by atoms with E-state index in [0.717, 1.165) is 0 Å². The van der Waals surface area contributed by atoms with Crippen LogP contribution in [-0.4, -0.2) is 21.9 Å². The molecule has 0 aliphatic heterocycles. The summed E-state index contributed by atoms with van der Waals surface area (Å²) in [6.45, 7) is 5.20. The predicted octanol–water partition coefficient (Wildman–Crippen LogP) is 1.22. The third-order valence-electron chi connectivity index (χ3n) is 2.57. The van der Waals surface area contributed by atoms with Crippen molar-refractivity contribution in [2.45, 2.75) is 26.8 Å². The maximum Gasteiger partial charge on any atom is 0.314 e. The molecule has 7 heteroatoms. The van der Waals surface area contributed by atoms with E-state index < -0.39 is 16.9 Å². The van der Waals surface area contributed by atoms with E-state index in [9.17, 15) is 14.9 Å². The van der Waals surface area contributed by atoms with Crippen LogP contribution in [0.1, 0.15) is 19.4 Å². The van der Waals surface area contributed by atoms with Crippen molar-refractivity contribution in [3.05, 3.63) is 27.9 Å². The molecule has 0 saturated heterocycles. The third kappa shape index (κ3) is 2.93. The summed E-state index contributed by atoms with van der Waals surface area (Å²) in [5.74, 6) is -0.593. The minimum absolute atomic E-state index is 0.0671. The number of nitrogens with one attached hydrogen (secondary N) is 1. The van der Waals surface area contributed by atoms with Crippen molar-refractivity contribution < 1.29 is 9.72 Å². The molecule has 98 valence electrons. The summed E-state index contributed by atoms with van der Waals surface area (Å²) < 4.78 is 0. The lowest BCUT2D eigenvalue weighted by atomic mass is 10.0. The lowest BCUT2D eigenvalue weighted by Gasteiger charge is -2.19. The normalized spacial score (nSPS) is 12.2. The summed E-state index contributed by atoms with van der Waals surface area (Å²) in [4.78, 5) is 25.6. The molecule has 0 aromatic carbocycles. The lowest BCUT2D eigenvalue weighted by molar-refractivity contribution is -0.384. The number of hydrogen-bond donors (Lipinski definition) is 2. The minimum atomic E-state index is -0.696. The predicted molar refractivity (Wildman–Crippen MR) is 67.1 cm³/mol. The van der Waals surface area contributed by atoms with Gasteiger partial charge in [-0.25, -0.2) is 4.98 Å². The van der Waals surface area contributed by atoms with Gasteiger partial charge in [0.15, 0.2) is 0 Å². The second-order valence-corrected chi connectivity index (χ2v) is 4.35. The highest BCUT2D eigenvalue weighted by molar-refractivity contribution is 5.83. The number of pyridine rings is 1. The smallest absolute Gasteiger partial charge is 0.314 e. The van der Waals surface area contributed by atoms with Crippen molar-refractivity contribution in [3.63, 3.8) is 0 Å². The molecule has 0 fully saturated rings. The van der Waals surface area contributed by atoms with Crippen molar-refractivity contribution in [2.75, 3.05) is 5.32 Å². The Balaban J connectivity index is 3.14. The fourth-order valence-corrected chi connectivity index (χ4v) is 1.60. The Morgan fingerprint density at radius 3 is 2.61 bits per heavy atom. The number of anilines is 1. The van der Waals surface area contributed by atoms with Crippen LogP contribution in [0.15, 0.2) is 12.3 Å². The first-order chi connectivity index (χ1) is 8.34. The molecule has 7 nitrogen and oxygen atoms in total. The summed E-state index contributed by atoms with van der Waals surface area (Å²) in [6, 6.07) is 0.843. The van der Waals surface area contributed by atoms with Crippen molar-refractivity contribution in [1.82, 2.24) is 4.98 Å². The fourth-order valence-electron chi connectivity index (χ4n) is 1.60. The molecule has 1 aromatic rings. The van der Waals surface area contributed by atoms with Gasteiger partial charge in [0.1, 0.15) is 6.04 Å². The molecule has 1 rings (SSSR count). The Labute approximate surface area is 105 Å². The summed E-state index contributed by atoms with van der Waals surface area (Å²) in [5, 5.41) is 13.7. The second kappa shape index (κ2) is 5.44. The highest BCUT2D eigenvalue weighted by Crippen LogP contribution is 2.26. The average Bonchev–Trinajstić information content (AvgIpc) is 2.24. The SMILES string of the molecule is Cc1ccnc(NC(C(N)=O)C(C)C)c1[N+](=O)[O-]. The summed E-state index contributed by atoms with van der Waals surface area (Å²) in [5.41, 5.74) is 5.59. The van der Waals surface area contributed by atoms with Gasteiger partial charge >= 0.3 is 5.69 Å². The second-order valence-electron chi connectivity index (χ2n) is 4.35. The number of nitro groups is 1. The number of hydrogen-bond acceptors (Lipinski definition) is 5. The number of aromatic nitrogens is 1. The van der Waals surface area contributed by atoms with Crippen LogP contribution in [0.2, 0.25) is 0 Å². The Hall–Kier alpha value is -2.18. The lowest BCUT2D eigenvalue weighted by Crippen LogP contribution is -2.40. The van der Waals surface area contributed by atoms with Crippen LogP contribution in [-0.2, 0) is 4.79 Å². The van der Waals surface area contributed by atoms with E-state index in [2.05, 4.69) is 10.3 Å². The summed E-state index contributed by atoms with van der Waals surface area (Å²) in [6.07, 6.45) is 1.45. The van der Waals surface area contributed by atoms with Gasteiger partial charge in [-0.15, -0.1) is 0 Å². The van der Waals surface area contributed by atoms with Gasteiger partial charge < -0.3 is 11.1 Å². The first-order valence-electron chi connectivity index (χ1n) is 5.50. The molecule has 1 atom stereocenters. The molecule has 0 bridgehead atoms. The number of carbonyl (C=O) groups excluding carboxylic acids is 1. The van der Waals surface area contributed by atoms with Crippen LogP contribution in [0, 0.1) is 23.0 Å². The van der Waals surface area contributed by atoms with E-state index in [1.165, 1.54) is 12.3 Å². The van der Waals surface area contributed by atoms with Crippen molar-refractivity contribution in [1.29, 1.82) is 0 Å². The topological polar surface area (TPSA) is 111 Å². The molecule has 0 aliphatic rings. The summed E-state index contributed by atoms with van der Waals surface area (Å²) >= 11 is 0. The Bertz CT molecular complexity index is 473. The van der Waals surface area contributed by atoms with Crippen LogP contribution in [0.4, 0.5) is 11.5 Å². The molecule has 1 heterocycles. The molecular formula is C11H16N4O3. The van der Waals surface area contributed by atoms with Gasteiger partial charge in [-0.05, 0) is 18.9 Å². The molecule has 0 saturated carbocycles. The van der Waals surface area contributed by atoms with E-state index in [1.807, 2.05) is 0 Å².